The first-order valence-corrected chi connectivity index (χ1v) is 13.1. The van der Waals surface area contributed by atoms with E-state index in [1.165, 1.54) is 6.08 Å². The van der Waals surface area contributed by atoms with E-state index in [0.717, 1.165) is 33.4 Å². The number of hydrogen-bond donors (Lipinski definition) is 1. The van der Waals surface area contributed by atoms with Gasteiger partial charge in [-0.25, -0.2) is 0 Å². The van der Waals surface area contributed by atoms with E-state index in [2.05, 4.69) is 0 Å². The molecular weight excluding hydrogens is 484 g/mol. The smallest absolute Gasteiger partial charge is 0.189 e. The van der Waals surface area contributed by atoms with Gasteiger partial charge >= 0.3 is 0 Å². The Bertz CT molecular complexity index is 1460. The van der Waals surface area contributed by atoms with Gasteiger partial charge in [-0.15, -0.1) is 0 Å². The highest BCUT2D eigenvalue weighted by atomic mass is 16.5. The first kappa shape index (κ1) is 27.5. The molecule has 0 saturated carbocycles. The Kier molecular flexibility index (Phi) is 9.36. The normalized spacial score (nSPS) is 10.8. The van der Waals surface area contributed by atoms with Crippen molar-refractivity contribution >= 4 is 11.9 Å². The number of allylic oxidation sites excluding steroid dienone is 3. The van der Waals surface area contributed by atoms with Crippen LogP contribution < -0.4 is 9.47 Å². The largest absolute Gasteiger partial charge is 0.507 e. The first-order valence-electron chi connectivity index (χ1n) is 13.1. The van der Waals surface area contributed by atoms with Gasteiger partial charge in [0.2, 0.25) is 0 Å². The number of hydrogen-bond acceptors (Lipinski definition) is 4. The highest BCUT2D eigenvalue weighted by molar-refractivity contribution is 6.09. The number of ketones is 1. The summed E-state index contributed by atoms with van der Waals surface area (Å²) < 4.78 is 12.2. The van der Waals surface area contributed by atoms with Gasteiger partial charge in [-0.05, 0) is 74.2 Å². The van der Waals surface area contributed by atoms with Crippen LogP contribution in [0.1, 0.15) is 52.0 Å². The van der Waals surface area contributed by atoms with E-state index in [4.69, 9.17) is 9.47 Å². The maximum atomic E-state index is 13.1. The van der Waals surface area contributed by atoms with Gasteiger partial charge in [0.25, 0.3) is 0 Å². The average molecular weight is 519 g/mol. The van der Waals surface area contributed by atoms with Crippen LogP contribution in [-0.2, 0) is 19.6 Å². The van der Waals surface area contributed by atoms with Crippen molar-refractivity contribution in [1.29, 1.82) is 0 Å². The molecule has 0 aliphatic heterocycles. The summed E-state index contributed by atoms with van der Waals surface area (Å²) in [5, 5.41) is 10.9. The SMILES string of the molecule is CC(C)=CCc1c(C)ccc(C(=O)/C=C/c2ccc(OCc3ccccc3)cc2OCc2ccccc2)c1O. The molecule has 0 saturated heterocycles. The molecule has 4 rings (SSSR count). The molecule has 4 aromatic carbocycles. The van der Waals surface area contributed by atoms with Gasteiger partial charge in [-0.3, -0.25) is 4.79 Å². The third-order valence-electron chi connectivity index (χ3n) is 6.38. The van der Waals surface area contributed by atoms with Crippen LogP contribution in [0.3, 0.4) is 0 Å². The maximum Gasteiger partial charge on any atom is 0.189 e. The molecule has 4 nitrogen and oxygen atoms in total. The Morgan fingerprint density at radius 1 is 0.821 bits per heavy atom. The highest BCUT2D eigenvalue weighted by Crippen LogP contribution is 2.30. The lowest BCUT2D eigenvalue weighted by Gasteiger charge is -2.13. The molecule has 4 heteroatoms. The molecule has 0 radical (unpaired) electrons. The fourth-order valence-corrected chi connectivity index (χ4v) is 4.10. The number of phenolic OH excluding ortho intramolecular Hbond substituents is 1. The van der Waals surface area contributed by atoms with Gasteiger partial charge < -0.3 is 14.6 Å². The van der Waals surface area contributed by atoms with Crippen molar-refractivity contribution in [2.24, 2.45) is 0 Å². The van der Waals surface area contributed by atoms with Gasteiger partial charge in [0.15, 0.2) is 5.78 Å². The molecule has 0 bridgehead atoms. The second-order valence-electron chi connectivity index (χ2n) is 9.69. The Balaban J connectivity index is 1.57. The van der Waals surface area contributed by atoms with Crippen molar-refractivity contribution in [1.82, 2.24) is 0 Å². The zero-order valence-corrected chi connectivity index (χ0v) is 22.7. The molecule has 0 aliphatic carbocycles. The summed E-state index contributed by atoms with van der Waals surface area (Å²) in [5.74, 6) is 1.04. The van der Waals surface area contributed by atoms with Gasteiger partial charge in [-0.1, -0.05) is 78.4 Å². The number of carbonyl (C=O) groups is 1. The quantitative estimate of drug-likeness (QED) is 0.123. The molecule has 0 aliphatic rings. The molecule has 0 unspecified atom stereocenters. The number of aryl methyl sites for hydroxylation is 1. The second kappa shape index (κ2) is 13.3. The van der Waals surface area contributed by atoms with Crippen LogP contribution in [0.2, 0.25) is 0 Å². The number of benzene rings is 4. The Morgan fingerprint density at radius 2 is 1.46 bits per heavy atom. The Labute approximate surface area is 230 Å². The molecule has 0 fully saturated rings. The van der Waals surface area contributed by atoms with E-state index in [0.29, 0.717) is 31.1 Å². The van der Waals surface area contributed by atoms with E-state index in [-0.39, 0.29) is 17.1 Å². The lowest BCUT2D eigenvalue weighted by molar-refractivity contribution is 0.104. The minimum atomic E-state index is -0.274. The van der Waals surface area contributed by atoms with Crippen molar-refractivity contribution in [3.8, 4) is 17.2 Å². The first-order chi connectivity index (χ1) is 18.9. The van der Waals surface area contributed by atoms with Crippen molar-refractivity contribution in [2.75, 3.05) is 0 Å². The van der Waals surface area contributed by atoms with Crippen LogP contribution in [0, 0.1) is 6.92 Å². The summed E-state index contributed by atoms with van der Waals surface area (Å²) in [6.07, 6.45) is 5.82. The summed E-state index contributed by atoms with van der Waals surface area (Å²) in [6, 6.07) is 29.0. The van der Waals surface area contributed by atoms with Gasteiger partial charge in [-0.2, -0.15) is 0 Å². The molecule has 0 atom stereocenters. The molecule has 0 aromatic heterocycles. The minimum Gasteiger partial charge on any atom is -0.507 e. The van der Waals surface area contributed by atoms with E-state index in [1.54, 1.807) is 12.1 Å². The summed E-state index contributed by atoms with van der Waals surface area (Å²) in [4.78, 5) is 13.1. The van der Waals surface area contributed by atoms with Crippen molar-refractivity contribution in [2.45, 2.75) is 40.4 Å². The number of aromatic hydroxyl groups is 1. The van der Waals surface area contributed by atoms with Crippen LogP contribution in [0.4, 0.5) is 0 Å². The average Bonchev–Trinajstić information content (AvgIpc) is 2.95. The zero-order valence-electron chi connectivity index (χ0n) is 22.7. The molecule has 198 valence electrons. The van der Waals surface area contributed by atoms with E-state index in [9.17, 15) is 9.90 Å². The molecular formula is C35H34O4. The molecule has 4 aromatic rings. The van der Waals surface area contributed by atoms with Crippen LogP contribution in [0.15, 0.2) is 109 Å². The standard InChI is InChI=1S/C35H34O4/c1-25(2)14-19-31-26(3)15-20-32(35(31)37)33(36)21-17-29-16-18-30(38-23-27-10-6-4-7-11-27)22-34(29)39-24-28-12-8-5-9-13-28/h4-18,20-22,37H,19,23-24H2,1-3H3/b21-17+. The van der Waals surface area contributed by atoms with Crippen molar-refractivity contribution in [3.05, 3.63) is 142 Å². The maximum absolute atomic E-state index is 13.1. The van der Waals surface area contributed by atoms with Gasteiger partial charge in [0, 0.05) is 17.2 Å². The number of ether oxygens (including phenoxy) is 2. The summed E-state index contributed by atoms with van der Waals surface area (Å²) in [6.45, 7) is 6.79. The Hall–Kier alpha value is -4.57. The summed E-state index contributed by atoms with van der Waals surface area (Å²) in [5.41, 5.74) is 6.00. The van der Waals surface area contributed by atoms with Crippen LogP contribution in [0.25, 0.3) is 6.08 Å². The summed E-state index contributed by atoms with van der Waals surface area (Å²) in [7, 11) is 0. The van der Waals surface area contributed by atoms with Crippen LogP contribution in [0.5, 0.6) is 17.2 Å². The van der Waals surface area contributed by atoms with Crippen LogP contribution >= 0.6 is 0 Å². The lowest BCUT2D eigenvalue weighted by atomic mass is 9.97. The molecule has 0 amide bonds. The monoisotopic (exact) mass is 518 g/mol. The molecule has 39 heavy (non-hydrogen) atoms. The van der Waals surface area contributed by atoms with E-state index < -0.39 is 0 Å². The number of rotatable bonds is 11. The van der Waals surface area contributed by atoms with Crippen LogP contribution in [-0.4, -0.2) is 10.9 Å². The zero-order chi connectivity index (χ0) is 27.6. The minimum absolute atomic E-state index is 0.0346. The predicted octanol–water partition coefficient (Wildman–Crippen LogP) is 8.26. The molecule has 0 heterocycles. The van der Waals surface area contributed by atoms with E-state index in [1.807, 2.05) is 112 Å². The third kappa shape index (κ3) is 7.71. The fourth-order valence-electron chi connectivity index (χ4n) is 4.10. The number of carbonyl (C=O) groups excluding carboxylic acids is 1. The van der Waals surface area contributed by atoms with E-state index >= 15 is 0 Å². The predicted molar refractivity (Wildman–Crippen MR) is 157 cm³/mol. The fraction of sp³-hybridized carbons (Fsp3) is 0.171. The third-order valence-corrected chi connectivity index (χ3v) is 6.38. The van der Waals surface area contributed by atoms with Gasteiger partial charge in [0.1, 0.15) is 30.5 Å². The second-order valence-corrected chi connectivity index (χ2v) is 9.69. The highest BCUT2D eigenvalue weighted by Gasteiger charge is 2.14. The molecule has 1 N–H and O–H groups in total. The van der Waals surface area contributed by atoms with Crippen molar-refractivity contribution < 1.29 is 19.4 Å². The van der Waals surface area contributed by atoms with Gasteiger partial charge in [0.05, 0.1) is 5.56 Å². The summed E-state index contributed by atoms with van der Waals surface area (Å²) >= 11 is 0. The molecule has 0 spiro atoms. The van der Waals surface area contributed by atoms with Crippen molar-refractivity contribution in [3.63, 3.8) is 0 Å². The number of phenols is 1. The Morgan fingerprint density at radius 3 is 2.10 bits per heavy atom. The lowest BCUT2D eigenvalue weighted by Crippen LogP contribution is -2.01. The topological polar surface area (TPSA) is 55.8 Å².